The number of carbonyl (C=O) groups is 2. The first-order valence-corrected chi connectivity index (χ1v) is 9.24. The van der Waals surface area contributed by atoms with Gasteiger partial charge in [0.05, 0.1) is 7.11 Å². The third-order valence-electron chi connectivity index (χ3n) is 5.11. The number of ether oxygens (including phenoxy) is 2. The van der Waals surface area contributed by atoms with Crippen LogP contribution in [0.25, 0.3) is 0 Å². The van der Waals surface area contributed by atoms with Crippen molar-refractivity contribution in [3.8, 4) is 5.75 Å². The Morgan fingerprint density at radius 1 is 1.12 bits per heavy atom. The molecule has 1 saturated carbocycles. The quantitative estimate of drug-likeness (QED) is 0.561. The average Bonchev–Trinajstić information content (AvgIpc) is 3.18. The van der Waals surface area contributed by atoms with E-state index in [-0.39, 0.29) is 12.5 Å². The van der Waals surface area contributed by atoms with Crippen LogP contribution in [0.4, 0.5) is 5.69 Å². The minimum atomic E-state index is -1.09. The van der Waals surface area contributed by atoms with Gasteiger partial charge in [-0.05, 0) is 31.2 Å². The van der Waals surface area contributed by atoms with E-state index in [1.807, 2.05) is 24.3 Å². The molecule has 26 heavy (non-hydrogen) atoms. The summed E-state index contributed by atoms with van der Waals surface area (Å²) >= 11 is 11.9. The highest BCUT2D eigenvalue weighted by molar-refractivity contribution is 6.53. The maximum atomic E-state index is 12.3. The lowest BCUT2D eigenvalue weighted by molar-refractivity contribution is -0.156. The first-order chi connectivity index (χ1) is 12.3. The van der Waals surface area contributed by atoms with Crippen molar-refractivity contribution in [3.05, 3.63) is 24.3 Å². The molecule has 0 spiro atoms. The van der Waals surface area contributed by atoms with E-state index in [0.717, 1.165) is 24.5 Å². The Hall–Kier alpha value is -1.66. The third kappa shape index (κ3) is 3.71. The van der Waals surface area contributed by atoms with E-state index in [9.17, 15) is 9.59 Å². The maximum Gasteiger partial charge on any atom is 0.315 e. The molecule has 8 heteroatoms. The molecule has 1 aromatic carbocycles. The minimum absolute atomic E-state index is 0.202. The molecule has 1 heterocycles. The van der Waals surface area contributed by atoms with E-state index >= 15 is 0 Å². The van der Waals surface area contributed by atoms with Gasteiger partial charge >= 0.3 is 5.97 Å². The van der Waals surface area contributed by atoms with Crippen molar-refractivity contribution < 1.29 is 19.1 Å². The summed E-state index contributed by atoms with van der Waals surface area (Å²) in [4.78, 5) is 28.2. The van der Waals surface area contributed by atoms with Gasteiger partial charge in [0.25, 0.3) is 5.91 Å². The van der Waals surface area contributed by atoms with Gasteiger partial charge in [0.2, 0.25) is 0 Å². The number of amides is 1. The summed E-state index contributed by atoms with van der Waals surface area (Å²) in [5.74, 6) is 0.0890. The van der Waals surface area contributed by atoms with Crippen LogP contribution in [0.3, 0.4) is 0 Å². The summed E-state index contributed by atoms with van der Waals surface area (Å²) in [7, 11) is 1.63. The van der Waals surface area contributed by atoms with Gasteiger partial charge in [-0.25, -0.2) is 0 Å². The molecule has 2 aliphatic rings. The van der Waals surface area contributed by atoms with Crippen LogP contribution in [-0.4, -0.2) is 61.0 Å². The molecule has 6 nitrogen and oxygen atoms in total. The van der Waals surface area contributed by atoms with Gasteiger partial charge in [0, 0.05) is 38.3 Å². The summed E-state index contributed by atoms with van der Waals surface area (Å²) in [5, 5.41) is 0. The summed E-state index contributed by atoms with van der Waals surface area (Å²) in [6.45, 7) is 3.96. The normalized spacial score (nSPS) is 24.2. The van der Waals surface area contributed by atoms with Gasteiger partial charge in [-0.15, -0.1) is 23.2 Å². The van der Waals surface area contributed by atoms with E-state index in [2.05, 4.69) is 4.90 Å². The number of piperazine rings is 1. The fraction of sp³-hybridized carbons (Fsp3) is 0.556. The van der Waals surface area contributed by atoms with Crippen LogP contribution in [-0.2, 0) is 14.3 Å². The van der Waals surface area contributed by atoms with Crippen LogP contribution in [0.5, 0.6) is 5.75 Å². The van der Waals surface area contributed by atoms with Crippen LogP contribution in [0.1, 0.15) is 13.3 Å². The van der Waals surface area contributed by atoms with E-state index in [4.69, 9.17) is 32.7 Å². The molecule has 1 aliphatic heterocycles. The predicted octanol–water partition coefficient (Wildman–Crippen LogP) is 2.47. The Kier molecular flexibility index (Phi) is 5.26. The number of anilines is 1. The molecule has 0 unspecified atom stereocenters. The molecule has 3 rings (SSSR count). The molecular formula is C18H22Cl2N2O4. The van der Waals surface area contributed by atoms with E-state index in [1.165, 1.54) is 0 Å². The Labute approximate surface area is 162 Å². The van der Waals surface area contributed by atoms with E-state index in [0.29, 0.717) is 19.5 Å². The van der Waals surface area contributed by atoms with Crippen LogP contribution >= 0.6 is 23.2 Å². The number of alkyl halides is 2. The number of hydrogen-bond donors (Lipinski definition) is 0. The fourth-order valence-corrected chi connectivity index (χ4v) is 3.70. The zero-order valence-electron chi connectivity index (χ0n) is 14.8. The molecule has 0 aromatic heterocycles. The summed E-state index contributed by atoms with van der Waals surface area (Å²) in [6.07, 6.45) is 0.344. The lowest BCUT2D eigenvalue weighted by atomic mass is 10.1. The molecule has 1 aliphatic carbocycles. The summed E-state index contributed by atoms with van der Waals surface area (Å²) < 4.78 is 9.21. The monoisotopic (exact) mass is 400 g/mol. The van der Waals surface area contributed by atoms with E-state index < -0.39 is 15.7 Å². The highest BCUT2D eigenvalue weighted by Gasteiger charge is 2.69. The fourth-order valence-electron chi connectivity index (χ4n) is 3.01. The number of carbonyl (C=O) groups excluding carboxylic acids is 2. The minimum Gasteiger partial charge on any atom is -0.497 e. The molecule has 2 fully saturated rings. The van der Waals surface area contributed by atoms with Crippen molar-refractivity contribution >= 4 is 40.8 Å². The Morgan fingerprint density at radius 3 is 2.19 bits per heavy atom. The second-order valence-electron chi connectivity index (χ2n) is 6.86. The van der Waals surface area contributed by atoms with Crippen molar-refractivity contribution in [2.24, 2.45) is 5.41 Å². The maximum absolute atomic E-state index is 12.3. The SMILES string of the molecule is COc1ccc(N2CCN(C(=O)COC(=O)[C@@]3(C)CC3(Cl)Cl)CC2)cc1. The Morgan fingerprint density at radius 2 is 1.69 bits per heavy atom. The number of halogens is 2. The number of esters is 1. The number of rotatable bonds is 5. The lowest BCUT2D eigenvalue weighted by Crippen LogP contribution is -2.50. The largest absolute Gasteiger partial charge is 0.497 e. The van der Waals surface area contributed by atoms with Gasteiger partial charge in [-0.3, -0.25) is 9.59 Å². The van der Waals surface area contributed by atoms with Gasteiger partial charge in [-0.2, -0.15) is 0 Å². The van der Waals surface area contributed by atoms with Crippen LogP contribution in [0.15, 0.2) is 24.3 Å². The molecule has 1 saturated heterocycles. The third-order valence-corrected chi connectivity index (χ3v) is 6.21. The summed E-state index contributed by atoms with van der Waals surface area (Å²) in [6, 6.07) is 7.83. The van der Waals surface area contributed by atoms with Gasteiger partial charge in [0.15, 0.2) is 6.61 Å². The average molecular weight is 401 g/mol. The van der Waals surface area contributed by atoms with Crippen molar-refractivity contribution in [3.63, 3.8) is 0 Å². The zero-order valence-corrected chi connectivity index (χ0v) is 16.3. The second kappa shape index (κ2) is 7.16. The highest BCUT2D eigenvalue weighted by atomic mass is 35.5. The number of benzene rings is 1. The molecule has 1 atom stereocenters. The number of hydrogen-bond acceptors (Lipinski definition) is 5. The molecule has 0 bridgehead atoms. The zero-order chi connectivity index (χ0) is 18.9. The van der Waals surface area contributed by atoms with Gasteiger partial charge in [-0.1, -0.05) is 0 Å². The molecule has 1 aromatic rings. The molecule has 142 valence electrons. The van der Waals surface area contributed by atoms with Crippen molar-refractivity contribution in [2.75, 3.05) is 44.8 Å². The van der Waals surface area contributed by atoms with Gasteiger partial charge in [0.1, 0.15) is 15.5 Å². The molecule has 1 amide bonds. The summed E-state index contributed by atoms with van der Waals surface area (Å²) in [5.41, 5.74) is 0.176. The van der Waals surface area contributed by atoms with Crippen LogP contribution < -0.4 is 9.64 Å². The second-order valence-corrected chi connectivity index (χ2v) is 8.34. The molecule has 0 N–H and O–H groups in total. The first kappa shape index (κ1) is 19.1. The lowest BCUT2D eigenvalue weighted by Gasteiger charge is -2.36. The molecular weight excluding hydrogens is 379 g/mol. The highest BCUT2D eigenvalue weighted by Crippen LogP contribution is 2.64. The van der Waals surface area contributed by atoms with Crippen molar-refractivity contribution in [1.82, 2.24) is 4.90 Å². The van der Waals surface area contributed by atoms with E-state index in [1.54, 1.807) is 18.9 Å². The Balaban J connectivity index is 1.45. The standard InChI is InChI=1S/C18H22Cl2N2O4/c1-17(12-18(17,19)20)16(24)26-11-15(23)22-9-7-21(8-10-22)13-3-5-14(25-2)6-4-13/h3-6H,7-12H2,1-2H3/t17-/m1/s1. The topological polar surface area (TPSA) is 59.1 Å². The number of methoxy groups -OCH3 is 1. The Bertz CT molecular complexity index is 687. The predicted molar refractivity (Wildman–Crippen MR) is 99.9 cm³/mol. The number of nitrogens with zero attached hydrogens (tertiary/aromatic N) is 2. The van der Waals surface area contributed by atoms with Gasteiger partial charge < -0.3 is 19.3 Å². The van der Waals surface area contributed by atoms with Crippen molar-refractivity contribution in [1.29, 1.82) is 0 Å². The van der Waals surface area contributed by atoms with Crippen LogP contribution in [0, 0.1) is 5.41 Å². The van der Waals surface area contributed by atoms with Crippen LogP contribution in [0.2, 0.25) is 0 Å². The van der Waals surface area contributed by atoms with Crippen molar-refractivity contribution in [2.45, 2.75) is 17.7 Å². The molecule has 0 radical (unpaired) electrons. The smallest absolute Gasteiger partial charge is 0.315 e. The first-order valence-electron chi connectivity index (χ1n) is 8.49.